The van der Waals surface area contributed by atoms with E-state index >= 15 is 0 Å². The predicted octanol–water partition coefficient (Wildman–Crippen LogP) is 4.81. The molecule has 0 radical (unpaired) electrons. The molecule has 1 aliphatic rings. The number of hydrazone groups is 1. The maximum absolute atomic E-state index is 13.2. The van der Waals surface area contributed by atoms with E-state index in [0.29, 0.717) is 23.9 Å². The molecule has 0 N–H and O–H groups in total. The number of thioether (sulfide) groups is 1. The van der Waals surface area contributed by atoms with E-state index in [4.69, 9.17) is 8.83 Å². The van der Waals surface area contributed by atoms with Crippen LogP contribution in [0.1, 0.15) is 49.2 Å². The van der Waals surface area contributed by atoms with Crippen molar-refractivity contribution in [2.75, 3.05) is 5.75 Å². The molecule has 0 saturated carbocycles. The molecule has 158 valence electrons. The number of hydrogen-bond acceptors (Lipinski definition) is 6. The Bertz CT molecular complexity index is 1040. The second-order valence-electron chi connectivity index (χ2n) is 7.86. The van der Waals surface area contributed by atoms with E-state index in [9.17, 15) is 4.79 Å². The quantitative estimate of drug-likeness (QED) is 0.507. The Kier molecular flexibility index (Phi) is 5.85. The molecule has 7 nitrogen and oxygen atoms in total. The molecule has 3 aromatic rings. The van der Waals surface area contributed by atoms with Gasteiger partial charge in [-0.3, -0.25) is 4.79 Å². The summed E-state index contributed by atoms with van der Waals surface area (Å²) in [5, 5.41) is 6.98. The zero-order valence-corrected chi connectivity index (χ0v) is 18.5. The van der Waals surface area contributed by atoms with Crippen LogP contribution in [0.15, 0.2) is 55.9 Å². The number of amides is 1. The highest BCUT2D eigenvalue weighted by Crippen LogP contribution is 2.34. The summed E-state index contributed by atoms with van der Waals surface area (Å²) in [4.78, 5) is 17.8. The number of carbonyl (C=O) groups excluding carboxylic acids is 1. The van der Waals surface area contributed by atoms with Gasteiger partial charge in [0.25, 0.3) is 5.91 Å². The molecule has 1 atom stereocenters. The lowest BCUT2D eigenvalue weighted by Gasteiger charge is -2.19. The average molecular weight is 427 g/mol. The number of nitrogens with zero attached hydrogens (tertiary/aromatic N) is 4. The van der Waals surface area contributed by atoms with E-state index in [-0.39, 0.29) is 17.7 Å². The molecule has 8 heteroatoms. The van der Waals surface area contributed by atoms with Crippen LogP contribution in [0.3, 0.4) is 0 Å². The van der Waals surface area contributed by atoms with Crippen LogP contribution < -0.4 is 0 Å². The number of rotatable bonds is 7. The summed E-state index contributed by atoms with van der Waals surface area (Å²) in [5.74, 6) is 2.05. The molecular weight excluding hydrogens is 400 g/mol. The first kappa shape index (κ1) is 20.5. The van der Waals surface area contributed by atoms with E-state index < -0.39 is 0 Å². The number of imidazole rings is 1. The summed E-state index contributed by atoms with van der Waals surface area (Å²) in [7, 11) is 0. The fraction of sp³-hybridized carbons (Fsp3) is 0.409. The van der Waals surface area contributed by atoms with Crippen molar-refractivity contribution in [3.05, 3.63) is 59.7 Å². The summed E-state index contributed by atoms with van der Waals surface area (Å²) in [6, 6.07) is 7.10. The van der Waals surface area contributed by atoms with Crippen molar-refractivity contribution < 1.29 is 13.6 Å². The zero-order chi connectivity index (χ0) is 21.3. The Labute approximate surface area is 180 Å². The van der Waals surface area contributed by atoms with Gasteiger partial charge in [0.1, 0.15) is 23.3 Å². The van der Waals surface area contributed by atoms with Crippen LogP contribution in [0.5, 0.6) is 0 Å². The van der Waals surface area contributed by atoms with Gasteiger partial charge in [0.05, 0.1) is 24.0 Å². The minimum Gasteiger partial charge on any atom is -0.467 e. The molecule has 0 spiro atoms. The molecule has 3 aromatic heterocycles. The number of aromatic nitrogens is 2. The molecule has 0 fully saturated rings. The van der Waals surface area contributed by atoms with Gasteiger partial charge < -0.3 is 13.4 Å². The number of furan rings is 2. The highest BCUT2D eigenvalue weighted by Gasteiger charge is 2.35. The van der Waals surface area contributed by atoms with E-state index in [0.717, 1.165) is 28.8 Å². The SMILES string of the molecule is Cc1nc(SCC(=O)N2N=C(c3ccco3)C[C@@H]2c2ccco2)n(CC(C)C)c1C. The molecule has 30 heavy (non-hydrogen) atoms. The lowest BCUT2D eigenvalue weighted by atomic mass is 10.1. The van der Waals surface area contributed by atoms with Crippen molar-refractivity contribution in [1.82, 2.24) is 14.6 Å². The lowest BCUT2D eigenvalue weighted by Crippen LogP contribution is -2.28. The smallest absolute Gasteiger partial charge is 0.253 e. The summed E-state index contributed by atoms with van der Waals surface area (Å²) >= 11 is 1.45. The Morgan fingerprint density at radius 3 is 2.67 bits per heavy atom. The minimum absolute atomic E-state index is 0.0858. The minimum atomic E-state index is -0.271. The van der Waals surface area contributed by atoms with E-state index in [2.05, 4.69) is 35.4 Å². The third kappa shape index (κ3) is 4.09. The summed E-state index contributed by atoms with van der Waals surface area (Å²) in [6.07, 6.45) is 3.78. The Morgan fingerprint density at radius 1 is 1.23 bits per heavy atom. The third-order valence-corrected chi connectivity index (χ3v) is 6.10. The zero-order valence-electron chi connectivity index (χ0n) is 17.7. The molecule has 1 amide bonds. The van der Waals surface area contributed by atoms with Crippen LogP contribution in [0.4, 0.5) is 0 Å². The largest absolute Gasteiger partial charge is 0.467 e. The van der Waals surface area contributed by atoms with Crippen LogP contribution in [0.25, 0.3) is 0 Å². The highest BCUT2D eigenvalue weighted by molar-refractivity contribution is 7.99. The maximum atomic E-state index is 13.2. The lowest BCUT2D eigenvalue weighted by molar-refractivity contribution is -0.130. The van der Waals surface area contributed by atoms with E-state index in [1.54, 1.807) is 12.5 Å². The van der Waals surface area contributed by atoms with Crippen molar-refractivity contribution in [2.45, 2.75) is 51.9 Å². The van der Waals surface area contributed by atoms with Gasteiger partial charge in [-0.05, 0) is 44.0 Å². The van der Waals surface area contributed by atoms with Gasteiger partial charge in [0, 0.05) is 18.7 Å². The van der Waals surface area contributed by atoms with Gasteiger partial charge in [-0.15, -0.1) is 0 Å². The average Bonchev–Trinajstić information content (AvgIpc) is 3.49. The van der Waals surface area contributed by atoms with Crippen LogP contribution >= 0.6 is 11.8 Å². The topological polar surface area (TPSA) is 76.8 Å². The summed E-state index contributed by atoms with van der Waals surface area (Å²) < 4.78 is 13.3. The molecule has 1 aliphatic heterocycles. The van der Waals surface area contributed by atoms with Gasteiger partial charge in [-0.25, -0.2) is 9.99 Å². The van der Waals surface area contributed by atoms with Crippen molar-refractivity contribution >= 4 is 23.4 Å². The second kappa shape index (κ2) is 8.55. The fourth-order valence-electron chi connectivity index (χ4n) is 3.54. The molecular formula is C22H26N4O3S. The van der Waals surface area contributed by atoms with Gasteiger partial charge in [0.2, 0.25) is 0 Å². The number of carbonyl (C=O) groups is 1. The first-order valence-electron chi connectivity index (χ1n) is 10.1. The van der Waals surface area contributed by atoms with Crippen LogP contribution in [-0.4, -0.2) is 31.9 Å². The Balaban J connectivity index is 1.53. The maximum Gasteiger partial charge on any atom is 0.253 e. The van der Waals surface area contributed by atoms with Gasteiger partial charge >= 0.3 is 0 Å². The first-order valence-corrected chi connectivity index (χ1v) is 11.1. The van der Waals surface area contributed by atoms with Crippen molar-refractivity contribution in [1.29, 1.82) is 0 Å². The second-order valence-corrected chi connectivity index (χ2v) is 8.80. The van der Waals surface area contributed by atoms with Crippen LogP contribution in [-0.2, 0) is 11.3 Å². The highest BCUT2D eigenvalue weighted by atomic mass is 32.2. The fourth-order valence-corrected chi connectivity index (χ4v) is 4.49. The van der Waals surface area contributed by atoms with Crippen molar-refractivity contribution in [3.63, 3.8) is 0 Å². The molecule has 0 bridgehead atoms. The first-order chi connectivity index (χ1) is 14.4. The van der Waals surface area contributed by atoms with Crippen molar-refractivity contribution in [2.24, 2.45) is 11.0 Å². The Morgan fingerprint density at radius 2 is 2.00 bits per heavy atom. The molecule has 0 unspecified atom stereocenters. The van der Waals surface area contributed by atoms with Crippen LogP contribution in [0, 0.1) is 19.8 Å². The Hall–Kier alpha value is -2.74. The number of aryl methyl sites for hydroxylation is 1. The monoisotopic (exact) mass is 426 g/mol. The molecule has 0 aliphatic carbocycles. The van der Waals surface area contributed by atoms with Crippen LogP contribution in [0.2, 0.25) is 0 Å². The molecule has 4 heterocycles. The predicted molar refractivity (Wildman–Crippen MR) is 115 cm³/mol. The summed E-state index contributed by atoms with van der Waals surface area (Å²) in [5.41, 5.74) is 2.89. The normalized spacial score (nSPS) is 16.5. The molecule has 4 rings (SSSR count). The van der Waals surface area contributed by atoms with Gasteiger partial charge in [-0.2, -0.15) is 5.10 Å². The standard InChI is InChI=1S/C22H26N4O3S/c1-14(2)12-25-16(4)15(3)23-22(25)30-13-21(27)26-18(20-8-6-10-29-20)11-17(24-26)19-7-5-9-28-19/h5-10,14,18H,11-13H2,1-4H3/t18-/m1/s1. The molecule has 0 aromatic carbocycles. The van der Waals surface area contributed by atoms with Crippen molar-refractivity contribution in [3.8, 4) is 0 Å². The summed E-state index contributed by atoms with van der Waals surface area (Å²) in [6.45, 7) is 9.31. The van der Waals surface area contributed by atoms with Gasteiger partial charge in [-0.1, -0.05) is 25.6 Å². The molecule has 0 saturated heterocycles. The third-order valence-electron chi connectivity index (χ3n) is 5.14. The van der Waals surface area contributed by atoms with E-state index in [1.165, 1.54) is 16.8 Å². The van der Waals surface area contributed by atoms with Gasteiger partial charge in [0.15, 0.2) is 5.16 Å². The number of hydrogen-bond donors (Lipinski definition) is 0. The van der Waals surface area contributed by atoms with E-state index in [1.807, 2.05) is 31.2 Å².